The van der Waals surface area contributed by atoms with E-state index >= 15 is 0 Å². The third-order valence-electron chi connectivity index (χ3n) is 3.57. The zero-order valence-corrected chi connectivity index (χ0v) is 12.4. The summed E-state index contributed by atoms with van der Waals surface area (Å²) in [5.41, 5.74) is 2.46. The van der Waals surface area contributed by atoms with E-state index in [4.69, 9.17) is 4.74 Å². The first kappa shape index (κ1) is 15.0. The van der Waals surface area contributed by atoms with Crippen LogP contribution in [0.4, 0.5) is 4.39 Å². The highest BCUT2D eigenvalue weighted by Gasteiger charge is 2.10. The molecule has 0 amide bonds. The maximum Gasteiger partial charge on any atom is 0.150 e. The molecule has 0 aliphatic heterocycles. The normalized spacial score (nSPS) is 10.3. The lowest BCUT2D eigenvalue weighted by molar-refractivity contribution is 0.112. The largest absolute Gasteiger partial charge is 0.489 e. The molecule has 0 aliphatic rings. The van der Waals surface area contributed by atoms with Gasteiger partial charge >= 0.3 is 0 Å². The number of ether oxygens (including phenoxy) is 1. The molecule has 0 radical (unpaired) electrons. The van der Waals surface area contributed by atoms with Crippen LogP contribution in [0.2, 0.25) is 0 Å². The Hall–Kier alpha value is -2.94. The van der Waals surface area contributed by atoms with Crippen molar-refractivity contribution < 1.29 is 13.9 Å². The minimum atomic E-state index is -0.275. The molecule has 0 unspecified atom stereocenters. The van der Waals surface area contributed by atoms with E-state index in [1.54, 1.807) is 36.4 Å². The number of hydrogen-bond acceptors (Lipinski definition) is 2. The number of carbonyl (C=O) groups excluding carboxylic acids is 1. The third kappa shape index (κ3) is 3.46. The predicted octanol–water partition coefficient (Wildman–Crippen LogP) is 4.88. The Morgan fingerprint density at radius 2 is 1.61 bits per heavy atom. The molecule has 2 nitrogen and oxygen atoms in total. The van der Waals surface area contributed by atoms with Crippen LogP contribution < -0.4 is 4.74 Å². The lowest BCUT2D eigenvalue weighted by Crippen LogP contribution is -2.00. The van der Waals surface area contributed by atoms with Gasteiger partial charge in [0.2, 0.25) is 0 Å². The quantitative estimate of drug-likeness (QED) is 0.628. The maximum atomic E-state index is 14.7. The van der Waals surface area contributed by atoms with E-state index in [0.29, 0.717) is 22.4 Å². The molecule has 23 heavy (non-hydrogen) atoms. The molecule has 0 heterocycles. The lowest BCUT2D eigenvalue weighted by Gasteiger charge is -2.10. The Morgan fingerprint density at radius 3 is 2.30 bits per heavy atom. The standard InChI is InChI=1S/C20H15FO2/c21-20-17(14-23-18-11-9-15(13-22)10-12-18)7-4-8-19(20)16-5-2-1-3-6-16/h1-13H,14H2. The molecular formula is C20H15FO2. The molecule has 0 aromatic heterocycles. The molecule has 3 aromatic carbocycles. The van der Waals surface area contributed by atoms with E-state index < -0.39 is 0 Å². The van der Waals surface area contributed by atoms with Gasteiger partial charge in [-0.25, -0.2) is 4.39 Å². The molecule has 0 aliphatic carbocycles. The fourth-order valence-electron chi connectivity index (χ4n) is 2.34. The molecule has 0 N–H and O–H groups in total. The lowest BCUT2D eigenvalue weighted by atomic mass is 10.0. The summed E-state index contributed by atoms with van der Waals surface area (Å²) in [5, 5.41) is 0. The Morgan fingerprint density at radius 1 is 0.870 bits per heavy atom. The highest BCUT2D eigenvalue weighted by Crippen LogP contribution is 2.25. The van der Waals surface area contributed by atoms with Crippen LogP contribution in [0.25, 0.3) is 11.1 Å². The fourth-order valence-corrected chi connectivity index (χ4v) is 2.34. The molecule has 0 saturated heterocycles. The summed E-state index contributed by atoms with van der Waals surface area (Å²) in [5.74, 6) is 0.323. The summed E-state index contributed by atoms with van der Waals surface area (Å²) in [6.45, 7) is 0.132. The van der Waals surface area contributed by atoms with Crippen LogP contribution in [0.15, 0.2) is 72.8 Å². The first-order valence-corrected chi connectivity index (χ1v) is 7.29. The SMILES string of the molecule is O=Cc1ccc(OCc2cccc(-c3ccccc3)c2F)cc1. The Kier molecular flexibility index (Phi) is 4.48. The van der Waals surface area contributed by atoms with E-state index in [-0.39, 0.29) is 12.4 Å². The molecule has 0 saturated carbocycles. The van der Waals surface area contributed by atoms with Gasteiger partial charge in [0.05, 0.1) is 0 Å². The Bertz CT molecular complexity index is 796. The summed E-state index contributed by atoms with van der Waals surface area (Å²) in [7, 11) is 0. The minimum Gasteiger partial charge on any atom is -0.489 e. The van der Waals surface area contributed by atoms with Crippen molar-refractivity contribution in [1.82, 2.24) is 0 Å². The first-order valence-electron chi connectivity index (χ1n) is 7.29. The van der Waals surface area contributed by atoms with Crippen LogP contribution in [0.5, 0.6) is 5.75 Å². The summed E-state index contributed by atoms with van der Waals surface area (Å²) < 4.78 is 20.3. The Balaban J connectivity index is 1.79. The van der Waals surface area contributed by atoms with Crippen molar-refractivity contribution in [1.29, 1.82) is 0 Å². The smallest absolute Gasteiger partial charge is 0.150 e. The van der Waals surface area contributed by atoms with Gasteiger partial charge in [-0.2, -0.15) is 0 Å². The van der Waals surface area contributed by atoms with Gasteiger partial charge in [0.15, 0.2) is 0 Å². The predicted molar refractivity (Wildman–Crippen MR) is 88.0 cm³/mol. The van der Waals surface area contributed by atoms with Crippen molar-refractivity contribution in [2.75, 3.05) is 0 Å². The van der Waals surface area contributed by atoms with Crippen molar-refractivity contribution in [2.45, 2.75) is 6.61 Å². The second-order valence-corrected chi connectivity index (χ2v) is 5.12. The van der Waals surface area contributed by atoms with Gasteiger partial charge in [0, 0.05) is 16.7 Å². The molecule has 0 bridgehead atoms. The van der Waals surface area contributed by atoms with Crippen LogP contribution in [-0.2, 0) is 6.61 Å². The summed E-state index contributed by atoms with van der Waals surface area (Å²) in [6, 6.07) is 21.4. The molecule has 0 atom stereocenters. The average Bonchev–Trinajstić information content (AvgIpc) is 2.62. The number of benzene rings is 3. The van der Waals surface area contributed by atoms with Gasteiger partial charge in [-0.05, 0) is 29.8 Å². The zero-order chi connectivity index (χ0) is 16.1. The zero-order valence-electron chi connectivity index (χ0n) is 12.4. The van der Waals surface area contributed by atoms with Crippen LogP contribution in [0.3, 0.4) is 0 Å². The highest BCUT2D eigenvalue weighted by atomic mass is 19.1. The van der Waals surface area contributed by atoms with Crippen LogP contribution in [0, 0.1) is 5.82 Å². The Labute approximate surface area is 134 Å². The van der Waals surface area contributed by atoms with Crippen LogP contribution in [0.1, 0.15) is 15.9 Å². The molecule has 3 rings (SSSR count). The van der Waals surface area contributed by atoms with Gasteiger partial charge in [-0.1, -0.05) is 48.5 Å². The molecule has 3 heteroatoms. The van der Waals surface area contributed by atoms with E-state index in [1.165, 1.54) is 0 Å². The highest BCUT2D eigenvalue weighted by molar-refractivity contribution is 5.74. The van der Waals surface area contributed by atoms with E-state index in [2.05, 4.69) is 0 Å². The summed E-state index contributed by atoms with van der Waals surface area (Å²) >= 11 is 0. The second-order valence-electron chi connectivity index (χ2n) is 5.12. The van der Waals surface area contributed by atoms with Crippen LogP contribution in [-0.4, -0.2) is 6.29 Å². The van der Waals surface area contributed by atoms with Gasteiger partial charge < -0.3 is 4.74 Å². The van der Waals surface area contributed by atoms with Crippen molar-refractivity contribution in [3.63, 3.8) is 0 Å². The van der Waals surface area contributed by atoms with Gasteiger partial charge in [0.1, 0.15) is 24.5 Å². The van der Waals surface area contributed by atoms with Gasteiger partial charge in [-0.3, -0.25) is 4.79 Å². The second kappa shape index (κ2) is 6.88. The monoisotopic (exact) mass is 306 g/mol. The van der Waals surface area contributed by atoms with E-state index in [9.17, 15) is 9.18 Å². The molecule has 3 aromatic rings. The molecule has 0 fully saturated rings. The minimum absolute atomic E-state index is 0.132. The number of hydrogen-bond donors (Lipinski definition) is 0. The fraction of sp³-hybridized carbons (Fsp3) is 0.0500. The summed E-state index contributed by atoms with van der Waals surface area (Å²) in [6.07, 6.45) is 0.771. The molecule has 0 spiro atoms. The first-order chi connectivity index (χ1) is 11.3. The number of carbonyl (C=O) groups is 1. The number of rotatable bonds is 5. The van der Waals surface area contributed by atoms with E-state index in [0.717, 1.165) is 11.8 Å². The van der Waals surface area contributed by atoms with Gasteiger partial charge in [-0.15, -0.1) is 0 Å². The van der Waals surface area contributed by atoms with Crippen LogP contribution >= 0.6 is 0 Å². The molecular weight excluding hydrogens is 291 g/mol. The number of aldehydes is 1. The van der Waals surface area contributed by atoms with Crippen molar-refractivity contribution in [2.24, 2.45) is 0 Å². The molecule has 114 valence electrons. The topological polar surface area (TPSA) is 26.3 Å². The third-order valence-corrected chi connectivity index (χ3v) is 3.57. The van der Waals surface area contributed by atoms with Crippen molar-refractivity contribution >= 4 is 6.29 Å². The maximum absolute atomic E-state index is 14.7. The van der Waals surface area contributed by atoms with E-state index in [1.807, 2.05) is 36.4 Å². The summed E-state index contributed by atoms with van der Waals surface area (Å²) in [4.78, 5) is 10.6. The van der Waals surface area contributed by atoms with Gasteiger partial charge in [0.25, 0.3) is 0 Å². The average molecular weight is 306 g/mol. The number of halogens is 1. The van der Waals surface area contributed by atoms with Crippen molar-refractivity contribution in [3.8, 4) is 16.9 Å². The van der Waals surface area contributed by atoms with Crippen molar-refractivity contribution in [3.05, 3.63) is 89.7 Å².